The van der Waals surface area contributed by atoms with Crippen molar-refractivity contribution in [3.63, 3.8) is 0 Å². The molecule has 0 aliphatic heterocycles. The van der Waals surface area contributed by atoms with Gasteiger partial charge >= 0.3 is 15.2 Å². The second kappa shape index (κ2) is 5.94. The van der Waals surface area contributed by atoms with Crippen molar-refractivity contribution in [2.45, 2.75) is 42.4 Å². The zero-order valence-corrected chi connectivity index (χ0v) is 12.2. The van der Waals surface area contributed by atoms with Crippen molar-refractivity contribution in [1.82, 2.24) is 0 Å². The van der Waals surface area contributed by atoms with Crippen molar-refractivity contribution in [3.8, 4) is 0 Å². The van der Waals surface area contributed by atoms with Crippen LogP contribution in [0.2, 0.25) is 0 Å². The van der Waals surface area contributed by atoms with Crippen molar-refractivity contribution in [3.05, 3.63) is 0 Å². The number of hydrogen-bond acceptors (Lipinski definition) is 4. The monoisotopic (exact) mass is 320 g/mol. The fourth-order valence-corrected chi connectivity index (χ4v) is 5.90. The molecule has 4 unspecified atom stereocenters. The zero-order chi connectivity index (χ0) is 14.1. The molecule has 1 aliphatic rings. The van der Waals surface area contributed by atoms with Crippen LogP contribution >= 0.6 is 27.8 Å². The minimum Gasteiger partial charge on any atom is -0.380 e. The molecule has 4 atom stereocenters. The lowest BCUT2D eigenvalue weighted by atomic mass is 9.86. The largest absolute Gasteiger partial charge is 0.380 e. The Hall–Kier alpha value is 0.610. The van der Waals surface area contributed by atoms with Crippen molar-refractivity contribution >= 4 is 27.8 Å². The molecule has 0 aromatic carbocycles. The summed E-state index contributed by atoms with van der Waals surface area (Å²) in [6, 6.07) is 0. The van der Waals surface area contributed by atoms with Crippen LogP contribution < -0.4 is 0 Å². The molecule has 0 bridgehead atoms. The SMILES string of the molecule is O=P(O)(O)C(O)C(C1CCCCC1S)P(=O)(O)O. The Kier molecular flexibility index (Phi) is 5.49. The van der Waals surface area contributed by atoms with Crippen LogP contribution in [0.25, 0.3) is 0 Å². The fourth-order valence-electron chi connectivity index (χ4n) is 2.38. The van der Waals surface area contributed by atoms with Crippen molar-refractivity contribution < 1.29 is 33.8 Å². The quantitative estimate of drug-likeness (QED) is 0.328. The van der Waals surface area contributed by atoms with Crippen molar-refractivity contribution in [2.75, 3.05) is 0 Å². The van der Waals surface area contributed by atoms with Gasteiger partial charge < -0.3 is 24.7 Å². The van der Waals surface area contributed by atoms with Gasteiger partial charge in [-0.25, -0.2) is 0 Å². The van der Waals surface area contributed by atoms with Gasteiger partial charge in [0.25, 0.3) is 0 Å². The molecule has 0 aromatic heterocycles. The highest BCUT2D eigenvalue weighted by atomic mass is 32.1. The summed E-state index contributed by atoms with van der Waals surface area (Å²) in [4.78, 5) is 36.4. The van der Waals surface area contributed by atoms with Gasteiger partial charge in [-0.05, 0) is 18.8 Å². The van der Waals surface area contributed by atoms with Crippen LogP contribution in [0.1, 0.15) is 25.7 Å². The summed E-state index contributed by atoms with van der Waals surface area (Å²) in [7, 11) is -9.80. The van der Waals surface area contributed by atoms with E-state index in [9.17, 15) is 24.0 Å². The highest BCUT2D eigenvalue weighted by Gasteiger charge is 2.50. The molecule has 5 N–H and O–H groups in total. The number of rotatable bonds is 4. The molecule has 18 heavy (non-hydrogen) atoms. The number of aliphatic hydroxyl groups excluding tert-OH is 1. The van der Waals surface area contributed by atoms with Gasteiger partial charge in [0.15, 0.2) is 5.85 Å². The normalized spacial score (nSPS) is 29.9. The third-order valence-corrected chi connectivity index (χ3v) is 6.59. The zero-order valence-electron chi connectivity index (χ0n) is 9.53. The summed E-state index contributed by atoms with van der Waals surface area (Å²) < 4.78 is 22.5. The summed E-state index contributed by atoms with van der Waals surface area (Å²) in [6.45, 7) is 0. The fraction of sp³-hybridized carbons (Fsp3) is 1.00. The summed E-state index contributed by atoms with van der Waals surface area (Å²) in [5.74, 6) is -3.05. The topological polar surface area (TPSA) is 135 Å². The van der Waals surface area contributed by atoms with E-state index < -0.39 is 32.6 Å². The Bertz CT molecular complexity index is 378. The van der Waals surface area contributed by atoms with Gasteiger partial charge in [0.2, 0.25) is 0 Å². The Morgan fingerprint density at radius 3 is 1.89 bits per heavy atom. The first kappa shape index (κ1) is 16.7. The van der Waals surface area contributed by atoms with Gasteiger partial charge in [-0.3, -0.25) is 9.13 Å². The molecular formula is C8H18O7P2S. The van der Waals surface area contributed by atoms with E-state index in [1.165, 1.54) is 0 Å². The minimum absolute atomic E-state index is 0.377. The van der Waals surface area contributed by atoms with E-state index in [2.05, 4.69) is 12.6 Å². The number of thiol groups is 1. The first-order valence-corrected chi connectivity index (χ1v) is 9.39. The van der Waals surface area contributed by atoms with Crippen LogP contribution in [0.3, 0.4) is 0 Å². The van der Waals surface area contributed by atoms with Gasteiger partial charge in [0.1, 0.15) is 5.66 Å². The molecular weight excluding hydrogens is 302 g/mol. The highest BCUT2D eigenvalue weighted by Crippen LogP contribution is 2.58. The summed E-state index contributed by atoms with van der Waals surface area (Å²) in [5.41, 5.74) is -1.76. The van der Waals surface area contributed by atoms with Crippen LogP contribution in [-0.4, -0.2) is 41.4 Å². The third-order valence-electron chi connectivity index (χ3n) is 3.26. The molecule has 10 heteroatoms. The average molecular weight is 320 g/mol. The van der Waals surface area contributed by atoms with Crippen LogP contribution in [-0.2, 0) is 9.13 Å². The molecule has 7 nitrogen and oxygen atoms in total. The van der Waals surface area contributed by atoms with Gasteiger partial charge in [0.05, 0.1) is 0 Å². The van der Waals surface area contributed by atoms with Crippen LogP contribution in [0, 0.1) is 5.92 Å². The molecule has 108 valence electrons. The maximum Gasteiger partial charge on any atom is 0.354 e. The van der Waals surface area contributed by atoms with E-state index in [4.69, 9.17) is 9.79 Å². The maximum absolute atomic E-state index is 11.4. The van der Waals surface area contributed by atoms with E-state index in [0.717, 1.165) is 6.42 Å². The summed E-state index contributed by atoms with van der Waals surface area (Å²) in [6.07, 6.45) is 2.55. The van der Waals surface area contributed by atoms with E-state index in [0.29, 0.717) is 19.3 Å². The van der Waals surface area contributed by atoms with E-state index >= 15 is 0 Å². The number of aliphatic hydroxyl groups is 1. The first-order chi connectivity index (χ1) is 8.05. The van der Waals surface area contributed by atoms with Crippen LogP contribution in [0.15, 0.2) is 0 Å². The molecule has 0 saturated heterocycles. The van der Waals surface area contributed by atoms with Crippen LogP contribution in [0.5, 0.6) is 0 Å². The predicted molar refractivity (Wildman–Crippen MR) is 68.6 cm³/mol. The first-order valence-electron chi connectivity index (χ1n) is 5.51. The minimum atomic E-state index is -4.97. The molecule has 0 aromatic rings. The molecule has 0 radical (unpaired) electrons. The second-order valence-electron chi connectivity index (χ2n) is 4.60. The van der Waals surface area contributed by atoms with E-state index in [1.54, 1.807) is 0 Å². The summed E-state index contributed by atoms with van der Waals surface area (Å²) >= 11 is 4.21. The van der Waals surface area contributed by atoms with Gasteiger partial charge in [-0.15, -0.1) is 0 Å². The Labute approximate surface area is 110 Å². The van der Waals surface area contributed by atoms with Crippen LogP contribution in [0.4, 0.5) is 0 Å². The molecule has 0 heterocycles. The molecule has 0 spiro atoms. The lowest BCUT2D eigenvalue weighted by Gasteiger charge is -2.37. The lowest BCUT2D eigenvalue weighted by Crippen LogP contribution is -2.39. The maximum atomic E-state index is 11.4. The van der Waals surface area contributed by atoms with Gasteiger partial charge in [-0.2, -0.15) is 12.6 Å². The second-order valence-corrected chi connectivity index (χ2v) is 8.74. The highest BCUT2D eigenvalue weighted by molar-refractivity contribution is 7.81. The molecule has 1 aliphatic carbocycles. The van der Waals surface area contributed by atoms with E-state index in [1.807, 2.05) is 0 Å². The lowest BCUT2D eigenvalue weighted by molar-refractivity contribution is 0.152. The number of hydrogen-bond donors (Lipinski definition) is 6. The average Bonchev–Trinajstić information content (AvgIpc) is 2.17. The molecule has 1 fully saturated rings. The smallest absolute Gasteiger partial charge is 0.354 e. The summed E-state index contributed by atoms with van der Waals surface area (Å²) in [5, 5.41) is 9.18. The Balaban J connectivity index is 3.06. The van der Waals surface area contributed by atoms with E-state index in [-0.39, 0.29) is 5.25 Å². The van der Waals surface area contributed by atoms with Gasteiger partial charge in [0, 0.05) is 5.25 Å². The Morgan fingerprint density at radius 1 is 1.00 bits per heavy atom. The third kappa shape index (κ3) is 4.05. The standard InChI is InChI=1S/C8H18O7P2S/c9-8(17(13,14)15)7(16(10,11)12)5-3-1-2-4-6(5)18/h5-9,18H,1-4H2,(H2,10,11,12)(H2,13,14,15). The van der Waals surface area contributed by atoms with Crippen molar-refractivity contribution in [2.24, 2.45) is 5.92 Å². The molecule has 1 rings (SSSR count). The Morgan fingerprint density at radius 2 is 1.50 bits per heavy atom. The molecule has 1 saturated carbocycles. The van der Waals surface area contributed by atoms with Gasteiger partial charge in [-0.1, -0.05) is 12.8 Å². The van der Waals surface area contributed by atoms with Crippen molar-refractivity contribution in [1.29, 1.82) is 0 Å². The predicted octanol–water partition coefficient (Wildman–Crippen LogP) is 0.517. The molecule has 0 amide bonds.